The van der Waals surface area contributed by atoms with Gasteiger partial charge < -0.3 is 10.1 Å². The quantitative estimate of drug-likeness (QED) is 0.879. The fourth-order valence-electron chi connectivity index (χ4n) is 2.88. The Morgan fingerprint density at radius 3 is 2.90 bits per heavy atom. The third-order valence-electron chi connectivity index (χ3n) is 4.19. The Balaban J connectivity index is 1.63. The van der Waals surface area contributed by atoms with Crippen molar-refractivity contribution in [3.05, 3.63) is 51.2 Å². The number of fused-ring (bicyclic) bond motifs is 1. The summed E-state index contributed by atoms with van der Waals surface area (Å²) in [7, 11) is 1.71. The third kappa shape index (κ3) is 3.47. The molecule has 1 unspecified atom stereocenters. The first-order chi connectivity index (χ1) is 10.3. The minimum absolute atomic E-state index is 0.409. The molecule has 1 atom stereocenters. The van der Waals surface area contributed by atoms with E-state index in [9.17, 15) is 0 Å². The van der Waals surface area contributed by atoms with Crippen LogP contribution < -0.4 is 10.1 Å². The SMILES string of the molecule is COc1cccc(CNC(C)c2cc3c(s2)CCCC3)c1. The molecule has 1 N–H and O–H groups in total. The van der Waals surface area contributed by atoms with Crippen molar-refractivity contribution in [3.8, 4) is 5.75 Å². The summed E-state index contributed by atoms with van der Waals surface area (Å²) in [6.45, 7) is 3.14. The first-order valence-corrected chi connectivity index (χ1v) is 8.55. The first kappa shape index (κ1) is 14.6. The van der Waals surface area contributed by atoms with Gasteiger partial charge in [0, 0.05) is 22.3 Å². The molecule has 0 fully saturated rings. The van der Waals surface area contributed by atoms with Gasteiger partial charge in [0.15, 0.2) is 0 Å². The summed E-state index contributed by atoms with van der Waals surface area (Å²) < 4.78 is 5.28. The molecule has 3 heteroatoms. The van der Waals surface area contributed by atoms with Gasteiger partial charge >= 0.3 is 0 Å². The molecular formula is C18H23NOS. The van der Waals surface area contributed by atoms with Gasteiger partial charge in [-0.3, -0.25) is 0 Å². The molecule has 1 aliphatic carbocycles. The summed E-state index contributed by atoms with van der Waals surface area (Å²) in [5.74, 6) is 0.925. The molecule has 21 heavy (non-hydrogen) atoms. The van der Waals surface area contributed by atoms with Gasteiger partial charge in [-0.2, -0.15) is 0 Å². The fraction of sp³-hybridized carbons (Fsp3) is 0.444. The number of rotatable bonds is 5. The van der Waals surface area contributed by atoms with Crippen molar-refractivity contribution in [1.82, 2.24) is 5.32 Å². The van der Waals surface area contributed by atoms with Crippen LogP contribution in [0.1, 0.15) is 46.7 Å². The highest BCUT2D eigenvalue weighted by Crippen LogP contribution is 2.32. The molecule has 1 heterocycles. The standard InChI is InChI=1S/C18H23NOS/c1-13(18-11-15-7-3-4-9-17(15)21-18)19-12-14-6-5-8-16(10-14)20-2/h5-6,8,10-11,13,19H,3-4,7,9,12H2,1-2H3. The zero-order valence-corrected chi connectivity index (χ0v) is 13.6. The normalized spacial score (nSPS) is 15.5. The fourth-order valence-corrected chi connectivity index (χ4v) is 4.17. The maximum absolute atomic E-state index is 5.28. The zero-order chi connectivity index (χ0) is 14.7. The Labute approximate surface area is 131 Å². The third-order valence-corrected chi connectivity index (χ3v) is 5.61. The smallest absolute Gasteiger partial charge is 0.119 e. The van der Waals surface area contributed by atoms with Crippen molar-refractivity contribution in [1.29, 1.82) is 0 Å². The van der Waals surface area contributed by atoms with Crippen LogP contribution in [0.15, 0.2) is 30.3 Å². The monoisotopic (exact) mass is 301 g/mol. The minimum atomic E-state index is 0.409. The summed E-state index contributed by atoms with van der Waals surface area (Å²) in [6, 6.07) is 11.1. The second kappa shape index (κ2) is 6.63. The van der Waals surface area contributed by atoms with Gasteiger partial charge in [-0.15, -0.1) is 11.3 Å². The summed E-state index contributed by atoms with van der Waals surface area (Å²) in [5.41, 5.74) is 2.86. The first-order valence-electron chi connectivity index (χ1n) is 7.74. The topological polar surface area (TPSA) is 21.3 Å². The largest absolute Gasteiger partial charge is 0.497 e. The number of hydrogen-bond acceptors (Lipinski definition) is 3. The number of benzene rings is 1. The molecule has 1 aromatic carbocycles. The summed E-state index contributed by atoms with van der Waals surface area (Å²) in [5, 5.41) is 3.63. The molecule has 0 bridgehead atoms. The van der Waals surface area contributed by atoms with Crippen LogP contribution in [0.2, 0.25) is 0 Å². The van der Waals surface area contributed by atoms with E-state index in [-0.39, 0.29) is 0 Å². The number of ether oxygens (including phenoxy) is 1. The van der Waals surface area contributed by atoms with Crippen LogP contribution in [-0.2, 0) is 19.4 Å². The van der Waals surface area contributed by atoms with Crippen LogP contribution in [0.25, 0.3) is 0 Å². The van der Waals surface area contributed by atoms with Gasteiger partial charge in [-0.05, 0) is 61.9 Å². The Morgan fingerprint density at radius 2 is 2.10 bits per heavy atom. The van der Waals surface area contributed by atoms with Crippen molar-refractivity contribution in [2.24, 2.45) is 0 Å². The number of thiophene rings is 1. The van der Waals surface area contributed by atoms with Crippen LogP contribution in [0.3, 0.4) is 0 Å². The van der Waals surface area contributed by atoms with Crippen molar-refractivity contribution >= 4 is 11.3 Å². The van der Waals surface area contributed by atoms with Crippen LogP contribution in [0.5, 0.6) is 5.75 Å². The molecule has 2 nitrogen and oxygen atoms in total. The molecule has 3 rings (SSSR count). The summed E-state index contributed by atoms with van der Waals surface area (Å²) in [4.78, 5) is 3.09. The molecule has 0 spiro atoms. The van der Waals surface area contributed by atoms with E-state index >= 15 is 0 Å². The molecule has 0 saturated carbocycles. The van der Waals surface area contributed by atoms with E-state index < -0.39 is 0 Å². The molecule has 1 aliphatic rings. The lowest BCUT2D eigenvalue weighted by Crippen LogP contribution is -2.17. The van der Waals surface area contributed by atoms with Gasteiger partial charge in [-0.25, -0.2) is 0 Å². The average molecular weight is 301 g/mol. The van der Waals surface area contributed by atoms with E-state index in [1.165, 1.54) is 36.1 Å². The second-order valence-electron chi connectivity index (χ2n) is 5.76. The summed E-state index contributed by atoms with van der Waals surface area (Å²) in [6.07, 6.45) is 5.27. The zero-order valence-electron chi connectivity index (χ0n) is 12.8. The van der Waals surface area contributed by atoms with Crippen molar-refractivity contribution < 1.29 is 4.74 Å². The number of aryl methyl sites for hydroxylation is 2. The molecule has 0 saturated heterocycles. The van der Waals surface area contributed by atoms with Crippen molar-refractivity contribution in [3.63, 3.8) is 0 Å². The van der Waals surface area contributed by atoms with Crippen LogP contribution in [0.4, 0.5) is 0 Å². The van der Waals surface area contributed by atoms with Gasteiger partial charge in [0.1, 0.15) is 5.75 Å². The Hall–Kier alpha value is -1.32. The van der Waals surface area contributed by atoms with Crippen molar-refractivity contribution in [2.45, 2.75) is 45.2 Å². The van der Waals surface area contributed by atoms with Gasteiger partial charge in [0.25, 0.3) is 0 Å². The van der Waals surface area contributed by atoms with Crippen molar-refractivity contribution in [2.75, 3.05) is 7.11 Å². The molecule has 2 aromatic rings. The predicted octanol–water partition coefficient (Wildman–Crippen LogP) is 4.49. The van der Waals surface area contributed by atoms with Crippen LogP contribution in [-0.4, -0.2) is 7.11 Å². The molecule has 1 aromatic heterocycles. The average Bonchev–Trinajstić information content (AvgIpc) is 2.97. The van der Waals surface area contributed by atoms with E-state index in [2.05, 4.69) is 30.4 Å². The Bertz CT molecular complexity index is 582. The van der Waals surface area contributed by atoms with Crippen LogP contribution >= 0.6 is 11.3 Å². The highest BCUT2D eigenvalue weighted by atomic mass is 32.1. The maximum atomic E-state index is 5.28. The molecule has 0 radical (unpaired) electrons. The Kier molecular flexibility index (Phi) is 4.61. The van der Waals surface area contributed by atoms with E-state index in [0.717, 1.165) is 12.3 Å². The van der Waals surface area contributed by atoms with Gasteiger partial charge in [-0.1, -0.05) is 12.1 Å². The number of hydrogen-bond donors (Lipinski definition) is 1. The van der Waals surface area contributed by atoms with Crippen LogP contribution in [0, 0.1) is 0 Å². The van der Waals surface area contributed by atoms with E-state index in [4.69, 9.17) is 4.74 Å². The second-order valence-corrected chi connectivity index (χ2v) is 6.93. The van der Waals surface area contributed by atoms with E-state index in [1.54, 1.807) is 17.6 Å². The molecular weight excluding hydrogens is 278 g/mol. The lowest BCUT2D eigenvalue weighted by atomic mass is 9.99. The predicted molar refractivity (Wildman–Crippen MR) is 89.2 cm³/mol. The van der Waals surface area contributed by atoms with Gasteiger partial charge in [0.2, 0.25) is 0 Å². The summed E-state index contributed by atoms with van der Waals surface area (Å²) >= 11 is 2.00. The Morgan fingerprint density at radius 1 is 1.24 bits per heavy atom. The number of methoxy groups -OCH3 is 1. The number of nitrogens with one attached hydrogen (secondary N) is 1. The molecule has 0 amide bonds. The lowest BCUT2D eigenvalue weighted by Gasteiger charge is -2.12. The van der Waals surface area contributed by atoms with E-state index in [1.807, 2.05) is 23.5 Å². The minimum Gasteiger partial charge on any atom is -0.497 e. The van der Waals surface area contributed by atoms with E-state index in [0.29, 0.717) is 6.04 Å². The highest BCUT2D eigenvalue weighted by Gasteiger charge is 2.16. The molecule has 0 aliphatic heterocycles. The van der Waals surface area contributed by atoms with Gasteiger partial charge in [0.05, 0.1) is 7.11 Å². The maximum Gasteiger partial charge on any atom is 0.119 e. The lowest BCUT2D eigenvalue weighted by molar-refractivity contribution is 0.414. The molecule has 112 valence electrons. The highest BCUT2D eigenvalue weighted by molar-refractivity contribution is 7.12.